The molecule has 3 rings (SSSR count). The molecule has 1 aliphatic heterocycles. The van der Waals surface area contributed by atoms with E-state index in [1.54, 1.807) is 29.1 Å². The normalized spacial score (nSPS) is 16.8. The first kappa shape index (κ1) is 18.4. The Morgan fingerprint density at radius 1 is 1.23 bits per heavy atom. The monoisotopic (exact) mass is 377 g/mol. The zero-order chi connectivity index (χ0) is 18.8. The Hall–Kier alpha value is -2.39. The fourth-order valence-electron chi connectivity index (χ4n) is 3.17. The van der Waals surface area contributed by atoms with Crippen LogP contribution in [0.5, 0.6) is 0 Å². The standard InChI is InChI=1S/C17H23N5O3S/c1-22-12-15(11-19-22)20-13-4-3-5-14(10-13)21-16(23)17(26(2,24)25)6-8-18-9-7-17/h3-5,10-12,18,20H,6-9H2,1-2H3,(H,21,23). The van der Waals surface area contributed by atoms with Crippen molar-refractivity contribution in [2.45, 2.75) is 17.6 Å². The minimum absolute atomic E-state index is 0.269. The predicted molar refractivity (Wildman–Crippen MR) is 101 cm³/mol. The summed E-state index contributed by atoms with van der Waals surface area (Å²) in [6, 6.07) is 7.16. The number of rotatable bonds is 5. The summed E-state index contributed by atoms with van der Waals surface area (Å²) < 4.78 is 25.0. The van der Waals surface area contributed by atoms with Gasteiger partial charge in [0.25, 0.3) is 0 Å². The molecular formula is C17H23N5O3S. The molecule has 1 fully saturated rings. The van der Waals surface area contributed by atoms with Crippen LogP contribution >= 0.6 is 0 Å². The van der Waals surface area contributed by atoms with Gasteiger partial charge in [-0.05, 0) is 44.1 Å². The van der Waals surface area contributed by atoms with Gasteiger partial charge in [-0.3, -0.25) is 9.48 Å². The summed E-state index contributed by atoms with van der Waals surface area (Å²) in [5.41, 5.74) is 2.14. The molecule has 0 atom stereocenters. The lowest BCUT2D eigenvalue weighted by atomic mass is 9.95. The second-order valence-corrected chi connectivity index (χ2v) is 8.90. The molecule has 1 aliphatic rings. The quantitative estimate of drug-likeness (QED) is 0.725. The van der Waals surface area contributed by atoms with Crippen molar-refractivity contribution in [3.05, 3.63) is 36.7 Å². The topological polar surface area (TPSA) is 105 Å². The number of carbonyl (C=O) groups excluding carboxylic acids is 1. The van der Waals surface area contributed by atoms with Crippen LogP contribution in [0.3, 0.4) is 0 Å². The first-order chi connectivity index (χ1) is 12.3. The van der Waals surface area contributed by atoms with E-state index in [-0.39, 0.29) is 12.8 Å². The van der Waals surface area contributed by atoms with E-state index in [0.29, 0.717) is 18.8 Å². The van der Waals surface area contributed by atoms with Gasteiger partial charge in [0.1, 0.15) is 0 Å². The van der Waals surface area contributed by atoms with Crippen LogP contribution in [0.1, 0.15) is 12.8 Å². The van der Waals surface area contributed by atoms with Crippen LogP contribution in [0.4, 0.5) is 17.1 Å². The largest absolute Gasteiger partial charge is 0.353 e. The summed E-state index contributed by atoms with van der Waals surface area (Å²) in [6.45, 7) is 1.01. The van der Waals surface area contributed by atoms with E-state index in [1.165, 1.54) is 0 Å². The number of amides is 1. The van der Waals surface area contributed by atoms with Crippen LogP contribution in [0.25, 0.3) is 0 Å². The Kier molecular flexibility index (Phi) is 5.01. The number of aryl methyl sites for hydroxylation is 1. The van der Waals surface area contributed by atoms with Gasteiger partial charge in [0.2, 0.25) is 5.91 Å². The molecule has 140 valence electrons. The highest BCUT2D eigenvalue weighted by Crippen LogP contribution is 2.30. The molecule has 0 radical (unpaired) electrons. The van der Waals surface area contributed by atoms with Gasteiger partial charge in [-0.1, -0.05) is 6.07 Å². The highest BCUT2D eigenvalue weighted by molar-refractivity contribution is 7.92. The predicted octanol–water partition coefficient (Wildman–Crippen LogP) is 1.27. The Morgan fingerprint density at radius 3 is 2.54 bits per heavy atom. The van der Waals surface area contributed by atoms with E-state index in [1.807, 2.05) is 19.3 Å². The lowest BCUT2D eigenvalue weighted by Gasteiger charge is -2.34. The van der Waals surface area contributed by atoms with E-state index >= 15 is 0 Å². The average molecular weight is 377 g/mol. The average Bonchev–Trinajstić information content (AvgIpc) is 2.99. The second-order valence-electron chi connectivity index (χ2n) is 6.58. The first-order valence-corrected chi connectivity index (χ1v) is 10.3. The third-order valence-electron chi connectivity index (χ3n) is 4.65. The van der Waals surface area contributed by atoms with E-state index in [0.717, 1.165) is 17.6 Å². The number of benzene rings is 1. The summed E-state index contributed by atoms with van der Waals surface area (Å²) in [4.78, 5) is 12.9. The van der Waals surface area contributed by atoms with Gasteiger partial charge in [0.15, 0.2) is 14.6 Å². The minimum Gasteiger partial charge on any atom is -0.353 e. The van der Waals surface area contributed by atoms with Crippen molar-refractivity contribution in [1.29, 1.82) is 0 Å². The van der Waals surface area contributed by atoms with Gasteiger partial charge >= 0.3 is 0 Å². The highest BCUT2D eigenvalue weighted by Gasteiger charge is 2.48. The SMILES string of the molecule is Cn1cc(Nc2cccc(NC(=O)C3(S(C)(=O)=O)CCNCC3)c2)cn1. The fraction of sp³-hybridized carbons (Fsp3) is 0.412. The van der Waals surface area contributed by atoms with Gasteiger partial charge in [-0.15, -0.1) is 0 Å². The Morgan fingerprint density at radius 2 is 1.92 bits per heavy atom. The number of nitrogens with one attached hydrogen (secondary N) is 3. The van der Waals surface area contributed by atoms with Gasteiger partial charge < -0.3 is 16.0 Å². The van der Waals surface area contributed by atoms with Crippen LogP contribution in [0, 0.1) is 0 Å². The van der Waals surface area contributed by atoms with Crippen LogP contribution < -0.4 is 16.0 Å². The minimum atomic E-state index is -3.54. The van der Waals surface area contributed by atoms with Crippen LogP contribution in [0.15, 0.2) is 36.7 Å². The maximum atomic E-state index is 12.9. The molecule has 1 amide bonds. The molecular weight excluding hydrogens is 354 g/mol. The molecule has 0 saturated carbocycles. The Balaban J connectivity index is 1.79. The zero-order valence-electron chi connectivity index (χ0n) is 14.8. The van der Waals surface area contributed by atoms with Crippen molar-refractivity contribution in [3.8, 4) is 0 Å². The van der Waals surface area contributed by atoms with Gasteiger partial charge in [0.05, 0.1) is 11.9 Å². The molecule has 2 aromatic rings. The van der Waals surface area contributed by atoms with Crippen molar-refractivity contribution in [2.24, 2.45) is 7.05 Å². The molecule has 9 heteroatoms. The van der Waals surface area contributed by atoms with Gasteiger partial charge in [-0.25, -0.2) is 8.42 Å². The van der Waals surface area contributed by atoms with E-state index in [2.05, 4.69) is 21.0 Å². The van der Waals surface area contributed by atoms with Gasteiger partial charge in [0, 0.05) is 30.9 Å². The first-order valence-electron chi connectivity index (χ1n) is 8.38. The number of piperidine rings is 1. The van der Waals surface area contributed by atoms with Crippen LogP contribution in [0.2, 0.25) is 0 Å². The molecule has 8 nitrogen and oxygen atoms in total. The number of aromatic nitrogens is 2. The lowest BCUT2D eigenvalue weighted by Crippen LogP contribution is -2.55. The molecule has 0 unspecified atom stereocenters. The zero-order valence-corrected chi connectivity index (χ0v) is 15.6. The molecule has 26 heavy (non-hydrogen) atoms. The van der Waals surface area contributed by atoms with Crippen LogP contribution in [-0.4, -0.2) is 48.2 Å². The van der Waals surface area contributed by atoms with Crippen molar-refractivity contribution >= 4 is 32.8 Å². The molecule has 1 aromatic carbocycles. The van der Waals surface area contributed by atoms with E-state index in [4.69, 9.17) is 0 Å². The van der Waals surface area contributed by atoms with Crippen molar-refractivity contribution in [2.75, 3.05) is 30.0 Å². The molecule has 1 saturated heterocycles. The van der Waals surface area contributed by atoms with Crippen molar-refractivity contribution in [1.82, 2.24) is 15.1 Å². The fourth-order valence-corrected chi connectivity index (χ4v) is 4.50. The molecule has 2 heterocycles. The number of sulfone groups is 1. The smallest absolute Gasteiger partial charge is 0.245 e. The summed E-state index contributed by atoms with van der Waals surface area (Å²) in [6.07, 6.45) is 5.20. The maximum Gasteiger partial charge on any atom is 0.245 e. The Bertz CT molecular complexity index is 901. The van der Waals surface area contributed by atoms with Gasteiger partial charge in [-0.2, -0.15) is 5.10 Å². The number of anilines is 3. The number of hydrogen-bond donors (Lipinski definition) is 3. The number of hydrogen-bond acceptors (Lipinski definition) is 6. The summed E-state index contributed by atoms with van der Waals surface area (Å²) >= 11 is 0. The third kappa shape index (κ3) is 3.73. The second kappa shape index (κ2) is 7.08. The summed E-state index contributed by atoms with van der Waals surface area (Å²) in [5, 5.41) is 13.2. The highest BCUT2D eigenvalue weighted by atomic mass is 32.2. The molecule has 0 spiro atoms. The molecule has 3 N–H and O–H groups in total. The van der Waals surface area contributed by atoms with E-state index in [9.17, 15) is 13.2 Å². The molecule has 1 aromatic heterocycles. The third-order valence-corrected chi connectivity index (χ3v) is 6.66. The lowest BCUT2D eigenvalue weighted by molar-refractivity contribution is -0.119. The van der Waals surface area contributed by atoms with Crippen LogP contribution in [-0.2, 0) is 21.7 Å². The molecule has 0 aliphatic carbocycles. The summed E-state index contributed by atoms with van der Waals surface area (Å²) in [5.74, 6) is -0.472. The van der Waals surface area contributed by atoms with E-state index < -0.39 is 20.5 Å². The Labute approximate surface area is 152 Å². The molecule has 0 bridgehead atoms. The van der Waals surface area contributed by atoms with Crippen molar-refractivity contribution < 1.29 is 13.2 Å². The van der Waals surface area contributed by atoms with Crippen molar-refractivity contribution in [3.63, 3.8) is 0 Å². The maximum absolute atomic E-state index is 12.9. The number of carbonyl (C=O) groups is 1. The summed E-state index contributed by atoms with van der Waals surface area (Å²) in [7, 11) is -1.72. The number of nitrogens with zero attached hydrogens (tertiary/aromatic N) is 2.